The van der Waals surface area contributed by atoms with Crippen molar-refractivity contribution in [1.29, 1.82) is 0 Å². The number of benzene rings is 1. The van der Waals surface area contributed by atoms with Crippen molar-refractivity contribution in [1.82, 2.24) is 14.9 Å². The molecule has 0 spiro atoms. The smallest absolute Gasteiger partial charge is 0.348 e. The summed E-state index contributed by atoms with van der Waals surface area (Å²) in [5.41, 5.74) is 1.67. The zero-order chi connectivity index (χ0) is 22.7. The second kappa shape index (κ2) is 9.77. The molecule has 3 heterocycles. The summed E-state index contributed by atoms with van der Waals surface area (Å²) < 4.78 is 4.85. The third-order valence-corrected chi connectivity index (χ3v) is 7.48. The second-order valence-electron chi connectivity index (χ2n) is 7.70. The summed E-state index contributed by atoms with van der Waals surface area (Å²) in [5.74, 6) is 0.158. The van der Waals surface area contributed by atoms with E-state index in [1.807, 2.05) is 18.2 Å². The summed E-state index contributed by atoms with van der Waals surface area (Å²) in [6, 6.07) is 14.7. The van der Waals surface area contributed by atoms with Crippen LogP contribution in [0.4, 0.5) is 0 Å². The maximum absolute atomic E-state index is 12.8. The number of hydrogen-bond acceptors (Lipinski definition) is 7. The normalized spacial score (nSPS) is 11.4. The fraction of sp³-hybridized carbons (Fsp3) is 0.292. The third kappa shape index (κ3) is 4.98. The van der Waals surface area contributed by atoms with E-state index in [9.17, 15) is 9.59 Å². The number of hydrogen-bond donors (Lipinski definition) is 1. The molecule has 1 N–H and O–H groups in total. The predicted octanol–water partition coefficient (Wildman–Crippen LogP) is 4.69. The molecule has 0 unspecified atom stereocenters. The number of nitrogens with zero attached hydrogens (tertiary/aromatic N) is 2. The van der Waals surface area contributed by atoms with Gasteiger partial charge in [-0.2, -0.15) is 0 Å². The molecular formula is C24H25N3O3S2. The van der Waals surface area contributed by atoms with Crippen LogP contribution in [0.3, 0.4) is 0 Å². The van der Waals surface area contributed by atoms with Crippen molar-refractivity contribution in [3.63, 3.8) is 0 Å². The minimum atomic E-state index is -0.441. The highest BCUT2D eigenvalue weighted by molar-refractivity contribution is 7.20. The Balaban J connectivity index is 1.61. The quantitative estimate of drug-likeness (QED) is 0.380. The molecule has 0 amide bonds. The number of aryl methyl sites for hydroxylation is 2. The summed E-state index contributed by atoms with van der Waals surface area (Å²) in [6.45, 7) is 5.99. The van der Waals surface area contributed by atoms with E-state index in [4.69, 9.17) is 9.72 Å². The first kappa shape index (κ1) is 22.4. The zero-order valence-electron chi connectivity index (χ0n) is 18.3. The van der Waals surface area contributed by atoms with Crippen LogP contribution in [-0.2, 0) is 24.2 Å². The number of rotatable bonds is 8. The van der Waals surface area contributed by atoms with Gasteiger partial charge in [0, 0.05) is 22.8 Å². The van der Waals surface area contributed by atoms with E-state index in [0.717, 1.165) is 19.5 Å². The molecule has 1 aromatic carbocycles. The van der Waals surface area contributed by atoms with Crippen molar-refractivity contribution in [2.24, 2.45) is 0 Å². The average molecular weight is 468 g/mol. The van der Waals surface area contributed by atoms with Gasteiger partial charge in [-0.3, -0.25) is 9.69 Å². The molecule has 8 heteroatoms. The van der Waals surface area contributed by atoms with Crippen LogP contribution in [-0.4, -0.2) is 34.5 Å². The standard InChI is InChI=1S/C24H25N3O3S2/c1-15-9-10-18(31-15)13-27(12-11-17-7-5-4-6-8-17)14-19-25-22(28)20-16(2)21(24(29)30-3)32-23(20)26-19/h4-10H,11-14H2,1-3H3,(H,25,26,28). The Labute approximate surface area is 194 Å². The van der Waals surface area contributed by atoms with Crippen molar-refractivity contribution >= 4 is 38.9 Å². The minimum absolute atomic E-state index is 0.219. The number of thiophene rings is 2. The largest absolute Gasteiger partial charge is 0.465 e. The summed E-state index contributed by atoms with van der Waals surface area (Å²) >= 11 is 2.99. The van der Waals surface area contributed by atoms with Crippen LogP contribution in [0.1, 0.15) is 36.4 Å². The van der Waals surface area contributed by atoms with Gasteiger partial charge in [-0.1, -0.05) is 30.3 Å². The Kier molecular flexibility index (Phi) is 6.83. The molecule has 0 saturated heterocycles. The molecule has 4 aromatic rings. The molecule has 32 heavy (non-hydrogen) atoms. The van der Waals surface area contributed by atoms with Gasteiger partial charge in [-0.25, -0.2) is 9.78 Å². The molecule has 4 rings (SSSR count). The first-order chi connectivity index (χ1) is 15.4. The van der Waals surface area contributed by atoms with Gasteiger partial charge in [0.25, 0.3) is 5.56 Å². The van der Waals surface area contributed by atoms with Gasteiger partial charge < -0.3 is 9.72 Å². The van der Waals surface area contributed by atoms with E-state index in [2.05, 4.69) is 41.1 Å². The minimum Gasteiger partial charge on any atom is -0.465 e. The van der Waals surface area contributed by atoms with Gasteiger partial charge in [0.2, 0.25) is 0 Å². The van der Waals surface area contributed by atoms with Crippen LogP contribution >= 0.6 is 22.7 Å². The van der Waals surface area contributed by atoms with Gasteiger partial charge in [-0.05, 0) is 43.5 Å². The fourth-order valence-electron chi connectivity index (χ4n) is 3.70. The van der Waals surface area contributed by atoms with E-state index in [1.165, 1.54) is 33.8 Å². The van der Waals surface area contributed by atoms with E-state index < -0.39 is 5.97 Å². The van der Waals surface area contributed by atoms with Crippen LogP contribution < -0.4 is 5.56 Å². The monoisotopic (exact) mass is 467 g/mol. The lowest BCUT2D eigenvalue weighted by molar-refractivity contribution is 0.0605. The molecule has 166 valence electrons. The topological polar surface area (TPSA) is 75.3 Å². The Bertz CT molecular complexity index is 1290. The molecule has 0 bridgehead atoms. The van der Waals surface area contributed by atoms with E-state index in [0.29, 0.717) is 33.0 Å². The number of carbonyl (C=O) groups is 1. The van der Waals surface area contributed by atoms with Gasteiger partial charge >= 0.3 is 5.97 Å². The highest BCUT2D eigenvalue weighted by atomic mass is 32.1. The van der Waals surface area contributed by atoms with Crippen molar-refractivity contribution in [3.05, 3.63) is 84.4 Å². The summed E-state index contributed by atoms with van der Waals surface area (Å²) in [7, 11) is 1.34. The number of esters is 1. The molecule has 0 radical (unpaired) electrons. The Hall–Kier alpha value is -2.81. The lowest BCUT2D eigenvalue weighted by Crippen LogP contribution is -2.27. The maximum atomic E-state index is 12.8. The molecule has 6 nitrogen and oxygen atoms in total. The predicted molar refractivity (Wildman–Crippen MR) is 130 cm³/mol. The van der Waals surface area contributed by atoms with Crippen LogP contribution in [0.5, 0.6) is 0 Å². The van der Waals surface area contributed by atoms with E-state index in [-0.39, 0.29) is 5.56 Å². The highest BCUT2D eigenvalue weighted by Gasteiger charge is 2.20. The van der Waals surface area contributed by atoms with Crippen LogP contribution in [0.25, 0.3) is 10.2 Å². The van der Waals surface area contributed by atoms with Crippen LogP contribution in [0, 0.1) is 13.8 Å². The molecule has 0 aliphatic rings. The maximum Gasteiger partial charge on any atom is 0.348 e. The van der Waals surface area contributed by atoms with Crippen LogP contribution in [0.2, 0.25) is 0 Å². The molecule has 0 atom stereocenters. The summed E-state index contributed by atoms with van der Waals surface area (Å²) in [5, 5.41) is 0.462. The molecule has 3 aromatic heterocycles. The number of aromatic nitrogens is 2. The zero-order valence-corrected chi connectivity index (χ0v) is 19.9. The number of ether oxygens (including phenoxy) is 1. The summed E-state index contributed by atoms with van der Waals surface area (Å²) in [6.07, 6.45) is 0.905. The Morgan fingerprint density at radius 1 is 1.09 bits per heavy atom. The van der Waals surface area contributed by atoms with Gasteiger partial charge in [0.05, 0.1) is 19.0 Å². The fourth-order valence-corrected chi connectivity index (χ4v) is 5.75. The van der Waals surface area contributed by atoms with Crippen molar-refractivity contribution in [2.45, 2.75) is 33.4 Å². The van der Waals surface area contributed by atoms with Crippen LogP contribution in [0.15, 0.2) is 47.3 Å². The van der Waals surface area contributed by atoms with Gasteiger partial charge in [0.15, 0.2) is 0 Å². The first-order valence-electron chi connectivity index (χ1n) is 10.4. The number of nitrogens with one attached hydrogen (secondary N) is 1. The van der Waals surface area contributed by atoms with E-state index in [1.54, 1.807) is 18.3 Å². The molecule has 0 fully saturated rings. The number of methoxy groups -OCH3 is 1. The third-order valence-electron chi connectivity index (χ3n) is 5.33. The second-order valence-corrected chi connectivity index (χ2v) is 10.1. The SMILES string of the molecule is COC(=O)c1sc2nc(CN(CCc3ccccc3)Cc3ccc(C)s3)[nH]c(=O)c2c1C. The van der Waals surface area contributed by atoms with Gasteiger partial charge in [-0.15, -0.1) is 22.7 Å². The Morgan fingerprint density at radius 3 is 2.56 bits per heavy atom. The van der Waals surface area contributed by atoms with Crippen molar-refractivity contribution in [3.8, 4) is 0 Å². The first-order valence-corrected chi connectivity index (χ1v) is 12.0. The molecule has 0 aliphatic heterocycles. The number of fused-ring (bicyclic) bond motifs is 1. The lowest BCUT2D eigenvalue weighted by Gasteiger charge is -2.21. The average Bonchev–Trinajstić information content (AvgIpc) is 3.34. The van der Waals surface area contributed by atoms with Crippen molar-refractivity contribution < 1.29 is 9.53 Å². The molecule has 0 aliphatic carbocycles. The van der Waals surface area contributed by atoms with E-state index >= 15 is 0 Å². The number of carbonyl (C=O) groups excluding carboxylic acids is 1. The molecule has 0 saturated carbocycles. The van der Waals surface area contributed by atoms with Gasteiger partial charge in [0.1, 0.15) is 15.5 Å². The number of aromatic amines is 1. The molecular weight excluding hydrogens is 442 g/mol. The number of H-pyrrole nitrogens is 1. The highest BCUT2D eigenvalue weighted by Crippen LogP contribution is 2.27. The van der Waals surface area contributed by atoms with Crippen molar-refractivity contribution in [2.75, 3.05) is 13.7 Å². The Morgan fingerprint density at radius 2 is 1.88 bits per heavy atom. The lowest BCUT2D eigenvalue weighted by atomic mass is 10.1. The summed E-state index contributed by atoms with van der Waals surface area (Å²) in [4.78, 5) is 38.3.